The number of hydrogen-bond acceptors (Lipinski definition) is 8. The summed E-state index contributed by atoms with van der Waals surface area (Å²) in [5, 5.41) is 18.9. The molecule has 4 rings (SSSR count). The predicted molar refractivity (Wildman–Crippen MR) is 126 cm³/mol. The van der Waals surface area contributed by atoms with Crippen LogP contribution in [-0.2, 0) is 35.5 Å². The summed E-state index contributed by atoms with van der Waals surface area (Å²) < 4.78 is 17.7. The highest BCUT2D eigenvalue weighted by Crippen LogP contribution is 2.30. The zero-order valence-corrected chi connectivity index (χ0v) is 20.1. The second-order valence-electron chi connectivity index (χ2n) is 8.36. The number of piperazine rings is 1. The monoisotopic (exact) mass is 498 g/mol. The number of benzene rings is 1. The topological polar surface area (TPSA) is 146 Å². The van der Waals surface area contributed by atoms with Crippen molar-refractivity contribution in [3.63, 3.8) is 0 Å². The molecule has 1 saturated heterocycles. The molecule has 2 amide bonds. The maximum atomic E-state index is 12.8. The molecule has 11 nitrogen and oxygen atoms in total. The summed E-state index contributed by atoms with van der Waals surface area (Å²) in [4.78, 5) is 38.0. The van der Waals surface area contributed by atoms with Gasteiger partial charge in [0.2, 0.25) is 0 Å². The van der Waals surface area contributed by atoms with Gasteiger partial charge >= 0.3 is 17.3 Å². The van der Waals surface area contributed by atoms with Crippen LogP contribution >= 0.6 is 0 Å². The van der Waals surface area contributed by atoms with Gasteiger partial charge in [0.15, 0.2) is 0 Å². The fourth-order valence-corrected chi connectivity index (χ4v) is 4.77. The average molecular weight is 499 g/mol. The Morgan fingerprint density at radius 2 is 2.03 bits per heavy atom. The number of fused-ring (bicyclic) bond motifs is 1. The molecule has 35 heavy (non-hydrogen) atoms. The van der Waals surface area contributed by atoms with Crippen LogP contribution < -0.4 is 4.90 Å². The van der Waals surface area contributed by atoms with Crippen LogP contribution in [0.1, 0.15) is 23.2 Å². The number of rotatable bonds is 5. The molecule has 0 aliphatic carbocycles. The van der Waals surface area contributed by atoms with Gasteiger partial charge in [0, 0.05) is 42.9 Å². The third kappa shape index (κ3) is 5.58. The predicted octanol–water partition coefficient (Wildman–Crippen LogP) is 1.99. The van der Waals surface area contributed by atoms with E-state index >= 15 is 0 Å². The zero-order chi connectivity index (χ0) is 24.9. The molecule has 1 fully saturated rings. The molecule has 0 bridgehead atoms. The van der Waals surface area contributed by atoms with E-state index < -0.39 is 29.4 Å². The van der Waals surface area contributed by atoms with Gasteiger partial charge in [0.05, 0.1) is 30.8 Å². The summed E-state index contributed by atoms with van der Waals surface area (Å²) in [5.41, 5.74) is 2.22. The van der Waals surface area contributed by atoms with E-state index in [1.54, 1.807) is 4.90 Å². The second kappa shape index (κ2) is 10.8. The van der Waals surface area contributed by atoms with E-state index in [2.05, 4.69) is 16.0 Å². The van der Waals surface area contributed by atoms with Crippen LogP contribution in [0.2, 0.25) is 0 Å². The normalized spacial score (nSPS) is 18.4. The van der Waals surface area contributed by atoms with Gasteiger partial charge in [-0.1, -0.05) is 30.3 Å². The molecule has 1 aromatic heterocycles. The van der Waals surface area contributed by atoms with E-state index in [1.165, 1.54) is 11.2 Å². The van der Waals surface area contributed by atoms with Crippen LogP contribution in [0, 0.1) is 11.3 Å². The third-order valence-corrected chi connectivity index (χ3v) is 6.80. The van der Waals surface area contributed by atoms with Gasteiger partial charge < -0.3 is 29.1 Å². The summed E-state index contributed by atoms with van der Waals surface area (Å²) in [6.07, 6.45) is 0.500. The number of carbonyl (C=O) groups is 2. The minimum atomic E-state index is -1.46. The number of aromatic nitrogens is 2. The Balaban J connectivity index is 1.54. The highest BCUT2D eigenvalue weighted by atomic mass is 32.2. The third-order valence-electron chi connectivity index (χ3n) is 6.10. The van der Waals surface area contributed by atoms with E-state index in [-0.39, 0.29) is 24.7 Å². The lowest BCUT2D eigenvalue weighted by atomic mass is 10.0. The maximum absolute atomic E-state index is 12.8. The summed E-state index contributed by atoms with van der Waals surface area (Å²) >= 11 is -1.46. The first kappa shape index (κ1) is 24.6. The van der Waals surface area contributed by atoms with Crippen molar-refractivity contribution in [1.29, 1.82) is 5.26 Å². The van der Waals surface area contributed by atoms with Gasteiger partial charge in [-0.25, -0.2) is 9.59 Å². The van der Waals surface area contributed by atoms with Crippen molar-refractivity contribution >= 4 is 29.2 Å². The fourth-order valence-electron chi connectivity index (χ4n) is 4.31. The van der Waals surface area contributed by atoms with Crippen molar-refractivity contribution < 1.29 is 24.0 Å². The molecule has 0 spiro atoms. The lowest BCUT2D eigenvalue weighted by Gasteiger charge is -2.41. The van der Waals surface area contributed by atoms with Crippen LogP contribution in [0.15, 0.2) is 35.5 Å². The van der Waals surface area contributed by atoms with Gasteiger partial charge in [-0.05, 0) is 12.0 Å². The molecule has 2 aliphatic heterocycles. The van der Waals surface area contributed by atoms with Crippen molar-refractivity contribution in [3.8, 4) is 6.07 Å². The highest BCUT2D eigenvalue weighted by Gasteiger charge is 2.35. The molecule has 1 N–H and O–H groups in total. The number of amides is 2. The van der Waals surface area contributed by atoms with Gasteiger partial charge in [-0.15, -0.1) is 0 Å². The van der Waals surface area contributed by atoms with Crippen LogP contribution in [0.3, 0.4) is 0 Å². The van der Waals surface area contributed by atoms with Gasteiger partial charge in [0.1, 0.15) is 18.7 Å². The van der Waals surface area contributed by atoms with E-state index in [9.17, 15) is 24.5 Å². The van der Waals surface area contributed by atoms with Crippen molar-refractivity contribution in [2.45, 2.75) is 37.2 Å². The molecule has 2 aromatic rings. The lowest BCUT2D eigenvalue weighted by Crippen LogP contribution is -2.56. The Morgan fingerprint density at radius 3 is 2.71 bits per heavy atom. The molecule has 2 aliphatic rings. The molecule has 2 atom stereocenters. The number of nitrogens with zero attached hydrogens (tertiary/aromatic N) is 6. The molecule has 3 heterocycles. The summed E-state index contributed by atoms with van der Waals surface area (Å²) in [5.74, 6) is 0.588. The minimum absolute atomic E-state index is 0.0950. The Labute approximate surface area is 206 Å². The quantitative estimate of drug-likeness (QED) is 0.483. The standard InChI is InChI=1S/C23H26N6O5S/c1-35(33)21-25-19-14-28(22(30)31)10-8-18(19)20(26-21)27-11-12-29(17(13-27)7-9-24)23(32)34-15-16-5-3-2-4-6-16/h2-6,17H,7-8,10-15H2,1H3,(H,30,31)/t17-,35?/m0/s1. The van der Waals surface area contributed by atoms with Gasteiger partial charge in [0.25, 0.3) is 0 Å². The van der Waals surface area contributed by atoms with Crippen molar-refractivity contribution in [1.82, 2.24) is 19.8 Å². The Kier molecular flexibility index (Phi) is 7.57. The fraction of sp³-hybridized carbons (Fsp3) is 0.435. The number of hydrogen-bond donors (Lipinski definition) is 1. The summed E-state index contributed by atoms with van der Waals surface area (Å²) in [6.45, 7) is 1.65. The number of carbonyl (C=O) groups excluding carboxylic acids is 1. The maximum Gasteiger partial charge on any atom is 0.410 e. The van der Waals surface area contributed by atoms with Crippen LogP contribution in [0.25, 0.3) is 0 Å². The van der Waals surface area contributed by atoms with Crippen LogP contribution in [0.4, 0.5) is 15.4 Å². The van der Waals surface area contributed by atoms with Crippen molar-refractivity contribution in [2.24, 2.45) is 0 Å². The van der Waals surface area contributed by atoms with E-state index in [1.807, 2.05) is 35.2 Å². The first-order valence-corrected chi connectivity index (χ1v) is 12.7. The number of nitriles is 1. The molecule has 0 saturated carbocycles. The molecule has 0 radical (unpaired) electrons. The number of carboxylic acid groups (broad SMARTS) is 1. The Bertz CT molecular complexity index is 1130. The molecule has 1 aromatic carbocycles. The lowest BCUT2D eigenvalue weighted by molar-refractivity contribution is 0.0767. The van der Waals surface area contributed by atoms with E-state index in [0.29, 0.717) is 44.1 Å². The van der Waals surface area contributed by atoms with Gasteiger partial charge in [-0.3, -0.25) is 0 Å². The highest BCUT2D eigenvalue weighted by molar-refractivity contribution is 7.90. The van der Waals surface area contributed by atoms with Crippen LogP contribution in [-0.4, -0.2) is 80.1 Å². The second-order valence-corrected chi connectivity index (χ2v) is 9.63. The smallest absolute Gasteiger partial charge is 0.410 e. The van der Waals surface area contributed by atoms with E-state index in [4.69, 9.17) is 4.74 Å². The minimum Gasteiger partial charge on any atom is -0.609 e. The zero-order valence-electron chi connectivity index (χ0n) is 19.3. The SMILES string of the molecule is C[S+]([O-])c1nc2c(c(N3CCN(C(=O)OCc4ccccc4)[C@@H](CC#N)C3)n1)CCN(C(=O)O)C2. The van der Waals surface area contributed by atoms with E-state index in [0.717, 1.165) is 11.1 Å². The summed E-state index contributed by atoms with van der Waals surface area (Å²) in [7, 11) is 0. The van der Waals surface area contributed by atoms with Crippen LogP contribution in [0.5, 0.6) is 0 Å². The van der Waals surface area contributed by atoms with Crippen molar-refractivity contribution in [3.05, 3.63) is 47.2 Å². The number of ether oxygens (including phenoxy) is 1. The number of anilines is 1. The molecule has 184 valence electrons. The van der Waals surface area contributed by atoms with Gasteiger partial charge in [-0.2, -0.15) is 15.2 Å². The van der Waals surface area contributed by atoms with Crippen molar-refractivity contribution in [2.75, 3.05) is 37.3 Å². The molecular formula is C23H26N6O5S. The first-order valence-electron chi connectivity index (χ1n) is 11.2. The Hall–Kier alpha value is -3.56. The molecule has 1 unspecified atom stereocenters. The Morgan fingerprint density at radius 1 is 1.26 bits per heavy atom. The largest absolute Gasteiger partial charge is 0.609 e. The average Bonchev–Trinajstić information content (AvgIpc) is 2.87. The first-order chi connectivity index (χ1) is 16.9. The molecular weight excluding hydrogens is 472 g/mol. The summed E-state index contributed by atoms with van der Waals surface area (Å²) in [6, 6.07) is 11.1. The molecule has 12 heteroatoms.